The second-order valence-electron chi connectivity index (χ2n) is 13.1. The quantitative estimate of drug-likeness (QED) is 0.0289. The number of benzene rings is 2. The number of azo groups is 1. The van der Waals surface area contributed by atoms with E-state index in [9.17, 15) is 54.4 Å². The van der Waals surface area contributed by atoms with Crippen LogP contribution in [0, 0.1) is 128 Å². The number of carbonyl (C=O) groups is 5. The molecule has 0 radical (unpaired) electrons. The van der Waals surface area contributed by atoms with E-state index >= 15 is 0 Å². The first kappa shape index (κ1) is 56.5. The zero-order chi connectivity index (χ0) is 51.5. The highest BCUT2D eigenvalue weighted by molar-refractivity contribution is 5.93. The van der Waals surface area contributed by atoms with Crippen molar-refractivity contribution in [3.8, 4) is 95.7 Å². The van der Waals surface area contributed by atoms with Gasteiger partial charge < -0.3 is 44.1 Å². The lowest BCUT2D eigenvalue weighted by molar-refractivity contribution is -0.393. The van der Waals surface area contributed by atoms with E-state index in [0.29, 0.717) is 5.69 Å². The molecule has 0 bridgehead atoms. The number of rotatable bonds is 27. The molecule has 22 heteroatoms. The van der Waals surface area contributed by atoms with E-state index in [1.807, 2.05) is 0 Å². The van der Waals surface area contributed by atoms with Gasteiger partial charge in [0.05, 0.1) is 74.1 Å². The van der Waals surface area contributed by atoms with Crippen LogP contribution in [0.1, 0.15) is 19.8 Å². The van der Waals surface area contributed by atoms with Crippen LogP contribution in [0.5, 0.6) is 0 Å². The van der Waals surface area contributed by atoms with Crippen molar-refractivity contribution in [2.24, 2.45) is 22.1 Å². The number of hydrogen-bond donors (Lipinski definition) is 3. The topological polar surface area (TPSA) is 298 Å². The molecule has 358 valence electrons. The number of non-ortho nitro benzene ring substituents is 1. The summed E-state index contributed by atoms with van der Waals surface area (Å²) in [5.41, 5.74) is -0.762. The number of amides is 1. The summed E-state index contributed by atoms with van der Waals surface area (Å²) in [6.45, 7) is 1.50. The Morgan fingerprint density at radius 2 is 1.10 bits per heavy atom. The summed E-state index contributed by atoms with van der Waals surface area (Å²) in [7, 11) is 0. The number of nitro benzene ring substituents is 2. The lowest BCUT2D eigenvalue weighted by Gasteiger charge is -2.25. The highest BCUT2D eigenvalue weighted by Crippen LogP contribution is 2.35. The van der Waals surface area contributed by atoms with Crippen molar-refractivity contribution >= 4 is 63.9 Å². The average molecular weight is 957 g/mol. The summed E-state index contributed by atoms with van der Waals surface area (Å²) in [4.78, 5) is 82.7. The molecular formula is C48H40N6O16. The van der Waals surface area contributed by atoms with Crippen LogP contribution >= 0.6 is 0 Å². The number of esters is 2. The summed E-state index contributed by atoms with van der Waals surface area (Å²) in [5.74, 6) is 24.1. The number of carboxylic acid groups (broad SMARTS) is 2. The maximum atomic E-state index is 12.3. The number of ether oxygens (including phenoxy) is 5. The van der Waals surface area contributed by atoms with Crippen molar-refractivity contribution in [2.45, 2.75) is 19.8 Å². The molecule has 0 aliphatic carbocycles. The van der Waals surface area contributed by atoms with E-state index in [-0.39, 0.29) is 83.0 Å². The van der Waals surface area contributed by atoms with Gasteiger partial charge >= 0.3 is 29.6 Å². The number of anilines is 2. The highest BCUT2D eigenvalue weighted by Gasteiger charge is 2.22. The lowest BCUT2D eigenvalue weighted by atomic mass is 10.1. The number of terminal acetylenes is 2. The zero-order valence-corrected chi connectivity index (χ0v) is 37.1. The van der Waals surface area contributed by atoms with E-state index in [1.54, 1.807) is 17.0 Å². The van der Waals surface area contributed by atoms with Gasteiger partial charge in [-0.25, -0.2) is 0 Å². The van der Waals surface area contributed by atoms with Crippen molar-refractivity contribution < 1.29 is 67.7 Å². The first-order valence-electron chi connectivity index (χ1n) is 20.1. The molecular weight excluding hydrogens is 917 g/mol. The molecule has 0 saturated carbocycles. The van der Waals surface area contributed by atoms with Crippen molar-refractivity contribution in [2.75, 3.05) is 76.2 Å². The fraction of sp³-hybridized carbons (Fsp3) is 0.312. The van der Waals surface area contributed by atoms with Crippen LogP contribution in [-0.4, -0.2) is 116 Å². The zero-order valence-electron chi connectivity index (χ0n) is 37.1. The summed E-state index contributed by atoms with van der Waals surface area (Å²) < 4.78 is 27.0. The SMILES string of the molecule is C#CC#CC#CC#CC(CC(=O)OCCOCCOCCN(CCOCCOC(=O)CC(C#CC#CC#CC#C)C(=O)O)c1ccc(N=Nc2ccc([N+](=O)[O-])cc2[N+](=O)[O-])c(NC(C)=O)c1)C(=O)O. The predicted octanol–water partition coefficient (Wildman–Crippen LogP) is 3.29. The van der Waals surface area contributed by atoms with Crippen molar-refractivity contribution in [1.82, 2.24) is 0 Å². The van der Waals surface area contributed by atoms with Crippen LogP contribution in [0.15, 0.2) is 46.6 Å². The maximum absolute atomic E-state index is 12.3. The average Bonchev–Trinajstić information content (AvgIpc) is 3.31. The Hall–Kier alpha value is -9.65. The summed E-state index contributed by atoms with van der Waals surface area (Å²) in [5, 5.41) is 52.2. The smallest absolute Gasteiger partial charge is 0.319 e. The predicted molar refractivity (Wildman–Crippen MR) is 247 cm³/mol. The van der Waals surface area contributed by atoms with Gasteiger partial charge in [-0.15, -0.1) is 23.1 Å². The number of carbonyl (C=O) groups excluding carboxylic acids is 3. The molecule has 2 rings (SSSR count). The van der Waals surface area contributed by atoms with Crippen LogP contribution in [0.4, 0.5) is 34.1 Å². The standard InChI is InChI=1S/C48H40N6O16/c1-4-6-8-10-12-14-16-37(47(58)59)32-45(56)69-30-28-67-25-23-52(22-24-66-26-27-68-29-31-70-46(57)33-38(48(60)61)17-15-13-11-9-7-5-2)39-18-20-41(43(34-39)49-36(3)55)50-51-42-21-19-40(53(62)63)35-44(42)54(64)65/h1-2,18-21,34-35,37-38H,22-33H2,3H3,(H,49,55)(H,58,59)(H,60,61). The van der Waals surface area contributed by atoms with Crippen molar-refractivity contribution in [1.29, 1.82) is 0 Å². The Morgan fingerprint density at radius 1 is 0.643 bits per heavy atom. The molecule has 70 heavy (non-hydrogen) atoms. The molecule has 1 amide bonds. The van der Waals surface area contributed by atoms with Gasteiger partial charge in [-0.2, -0.15) is 0 Å². The number of hydrogen-bond acceptors (Lipinski definition) is 17. The summed E-state index contributed by atoms with van der Waals surface area (Å²) in [6.07, 6.45) is 8.87. The molecule has 3 N–H and O–H groups in total. The first-order valence-corrected chi connectivity index (χ1v) is 20.1. The highest BCUT2D eigenvalue weighted by atomic mass is 16.6. The largest absolute Gasteiger partial charge is 0.480 e. The van der Waals surface area contributed by atoms with E-state index in [4.69, 9.17) is 36.5 Å². The molecule has 2 unspecified atom stereocenters. The third-order valence-electron chi connectivity index (χ3n) is 8.13. The van der Waals surface area contributed by atoms with Crippen molar-refractivity contribution in [3.63, 3.8) is 0 Å². The molecule has 2 aromatic rings. The van der Waals surface area contributed by atoms with Crippen LogP contribution in [0.25, 0.3) is 0 Å². The molecule has 0 aliphatic heterocycles. The van der Waals surface area contributed by atoms with Gasteiger partial charge in [-0.3, -0.25) is 44.2 Å². The number of nitro groups is 2. The second-order valence-corrected chi connectivity index (χ2v) is 13.1. The van der Waals surface area contributed by atoms with Gasteiger partial charge in [-0.1, -0.05) is 11.8 Å². The fourth-order valence-electron chi connectivity index (χ4n) is 4.99. The minimum Gasteiger partial charge on any atom is -0.480 e. The van der Waals surface area contributed by atoms with Crippen LogP contribution in [0.2, 0.25) is 0 Å². The lowest BCUT2D eigenvalue weighted by Crippen LogP contribution is -2.31. The Labute approximate surface area is 401 Å². The summed E-state index contributed by atoms with van der Waals surface area (Å²) >= 11 is 0. The Balaban J connectivity index is 2.10. The minimum atomic E-state index is -1.39. The Morgan fingerprint density at radius 3 is 1.57 bits per heavy atom. The van der Waals surface area contributed by atoms with Crippen LogP contribution in [-0.2, 0) is 47.7 Å². The third kappa shape index (κ3) is 23.5. The van der Waals surface area contributed by atoms with E-state index in [2.05, 4.69) is 98.4 Å². The third-order valence-corrected chi connectivity index (χ3v) is 8.13. The fourth-order valence-corrected chi connectivity index (χ4v) is 4.99. The van der Waals surface area contributed by atoms with E-state index in [0.717, 1.165) is 18.2 Å². The van der Waals surface area contributed by atoms with Gasteiger partial charge in [0, 0.05) is 31.8 Å². The molecule has 2 atom stereocenters. The van der Waals surface area contributed by atoms with Gasteiger partial charge in [0.2, 0.25) is 5.91 Å². The molecule has 0 saturated heterocycles. The monoisotopic (exact) mass is 956 g/mol. The van der Waals surface area contributed by atoms with Crippen LogP contribution < -0.4 is 10.2 Å². The number of nitrogens with one attached hydrogen (secondary N) is 1. The minimum absolute atomic E-state index is 0.0303. The molecule has 22 nitrogen and oxygen atoms in total. The number of carboxylic acids is 2. The molecule has 0 spiro atoms. The maximum Gasteiger partial charge on any atom is 0.319 e. The molecule has 2 aromatic carbocycles. The summed E-state index contributed by atoms with van der Waals surface area (Å²) in [6, 6.07) is 7.44. The van der Waals surface area contributed by atoms with Gasteiger partial charge in [0.25, 0.3) is 5.69 Å². The number of nitrogens with zero attached hydrogens (tertiary/aromatic N) is 5. The van der Waals surface area contributed by atoms with Gasteiger partial charge in [-0.05, 0) is 95.3 Å². The Kier molecular flexibility index (Phi) is 26.6. The van der Waals surface area contributed by atoms with E-state index < -0.39 is 75.7 Å². The van der Waals surface area contributed by atoms with Gasteiger partial charge in [0.15, 0.2) is 5.69 Å². The molecule has 0 heterocycles. The molecule has 0 aliphatic rings. The van der Waals surface area contributed by atoms with Crippen LogP contribution in [0.3, 0.4) is 0 Å². The Bertz CT molecular complexity index is 2780. The normalized spacial score (nSPS) is 10.4. The number of aliphatic carboxylic acids is 2. The van der Waals surface area contributed by atoms with E-state index in [1.165, 1.54) is 13.0 Å². The van der Waals surface area contributed by atoms with Crippen molar-refractivity contribution in [3.05, 3.63) is 56.6 Å². The molecule has 0 fully saturated rings. The second kappa shape index (κ2) is 32.9. The molecule has 0 aromatic heterocycles. The first-order chi connectivity index (χ1) is 33.7. The van der Waals surface area contributed by atoms with Gasteiger partial charge in [0.1, 0.15) is 30.7 Å².